The Kier molecular flexibility index (Phi) is 5.32. The maximum Gasteiger partial charge on any atom is 0.266 e. The van der Waals surface area contributed by atoms with Gasteiger partial charge in [0.1, 0.15) is 16.5 Å². The van der Waals surface area contributed by atoms with Crippen LogP contribution < -0.4 is 9.04 Å². The number of anilines is 1. The lowest BCUT2D eigenvalue weighted by molar-refractivity contribution is 0.386. The first-order valence-electron chi connectivity index (χ1n) is 9.22. The number of hydrogen-bond acceptors (Lipinski definition) is 5. The highest BCUT2D eigenvalue weighted by Gasteiger charge is 2.27. The van der Waals surface area contributed by atoms with Crippen LogP contribution in [-0.2, 0) is 16.6 Å². The highest BCUT2D eigenvalue weighted by Crippen LogP contribution is 2.28. The number of fused-ring (bicyclic) bond motifs is 1. The molecule has 0 N–H and O–H groups in total. The molecule has 0 aliphatic heterocycles. The number of aryl methyl sites for hydroxylation is 1. The van der Waals surface area contributed by atoms with E-state index in [-0.39, 0.29) is 22.9 Å². The van der Waals surface area contributed by atoms with Gasteiger partial charge in [0, 0.05) is 6.20 Å². The summed E-state index contributed by atoms with van der Waals surface area (Å²) in [5, 5.41) is 7.88. The van der Waals surface area contributed by atoms with Crippen molar-refractivity contribution in [3.8, 4) is 5.75 Å². The van der Waals surface area contributed by atoms with E-state index in [1.165, 1.54) is 55.8 Å². The standard InChI is InChI=1S/C21H18F2N4O3S/c1-14-24-25-21-9-7-18(13-26(14)21)31(28,29)27(17-5-3-4-16(22)11-17)12-15-6-8-20(30-2)19(23)10-15/h3-11,13H,12H2,1-2H3. The maximum atomic E-state index is 14.2. The minimum atomic E-state index is -4.15. The summed E-state index contributed by atoms with van der Waals surface area (Å²) in [5.74, 6) is -0.666. The van der Waals surface area contributed by atoms with Crippen molar-refractivity contribution in [3.63, 3.8) is 0 Å². The number of nitrogens with zero attached hydrogens (tertiary/aromatic N) is 4. The van der Waals surface area contributed by atoms with Gasteiger partial charge in [0.05, 0.1) is 19.3 Å². The van der Waals surface area contributed by atoms with Crippen LogP contribution in [0.5, 0.6) is 5.75 Å². The van der Waals surface area contributed by atoms with Crippen molar-refractivity contribution in [1.29, 1.82) is 0 Å². The van der Waals surface area contributed by atoms with Crippen LogP contribution >= 0.6 is 0 Å². The summed E-state index contributed by atoms with van der Waals surface area (Å²) in [7, 11) is -2.81. The Morgan fingerprint density at radius 3 is 2.58 bits per heavy atom. The quantitative estimate of drug-likeness (QED) is 0.453. The van der Waals surface area contributed by atoms with Crippen molar-refractivity contribution in [2.75, 3.05) is 11.4 Å². The highest BCUT2D eigenvalue weighted by atomic mass is 32.2. The molecule has 31 heavy (non-hydrogen) atoms. The first-order valence-corrected chi connectivity index (χ1v) is 10.7. The van der Waals surface area contributed by atoms with Crippen LogP contribution in [0.4, 0.5) is 14.5 Å². The Morgan fingerprint density at radius 2 is 1.87 bits per heavy atom. The van der Waals surface area contributed by atoms with Crippen LogP contribution in [0.3, 0.4) is 0 Å². The van der Waals surface area contributed by atoms with E-state index in [0.717, 1.165) is 10.4 Å². The minimum absolute atomic E-state index is 0.0393. The van der Waals surface area contributed by atoms with Crippen molar-refractivity contribution in [1.82, 2.24) is 14.6 Å². The molecule has 0 aliphatic carbocycles. The van der Waals surface area contributed by atoms with Gasteiger partial charge in [-0.05, 0) is 55.0 Å². The van der Waals surface area contributed by atoms with Crippen LogP contribution in [0, 0.1) is 18.6 Å². The number of halogens is 2. The lowest BCUT2D eigenvalue weighted by Crippen LogP contribution is -2.31. The number of hydrogen-bond donors (Lipinski definition) is 0. The van der Waals surface area contributed by atoms with Gasteiger partial charge in [-0.1, -0.05) is 12.1 Å². The third kappa shape index (κ3) is 3.93. The first-order chi connectivity index (χ1) is 14.8. The molecule has 4 rings (SSSR count). The number of aromatic nitrogens is 3. The average molecular weight is 444 g/mol. The molecule has 160 valence electrons. The van der Waals surface area contributed by atoms with Crippen molar-refractivity contribution >= 4 is 21.4 Å². The van der Waals surface area contributed by atoms with Crippen LogP contribution in [0.25, 0.3) is 5.65 Å². The fraction of sp³-hybridized carbons (Fsp3) is 0.143. The molecule has 2 heterocycles. The largest absolute Gasteiger partial charge is 0.494 e. The second kappa shape index (κ2) is 7.95. The number of methoxy groups -OCH3 is 1. The number of sulfonamides is 1. The molecular formula is C21H18F2N4O3S. The van der Waals surface area contributed by atoms with Gasteiger partial charge in [-0.3, -0.25) is 8.71 Å². The molecule has 0 saturated carbocycles. The third-order valence-electron chi connectivity index (χ3n) is 4.77. The van der Waals surface area contributed by atoms with E-state index < -0.39 is 21.7 Å². The minimum Gasteiger partial charge on any atom is -0.494 e. The topological polar surface area (TPSA) is 76.8 Å². The van der Waals surface area contributed by atoms with Crippen molar-refractivity contribution in [3.05, 3.63) is 83.8 Å². The van der Waals surface area contributed by atoms with Gasteiger partial charge in [0.15, 0.2) is 17.2 Å². The molecule has 2 aromatic carbocycles. The van der Waals surface area contributed by atoms with E-state index in [0.29, 0.717) is 17.0 Å². The molecule has 7 nitrogen and oxygen atoms in total. The Balaban J connectivity index is 1.82. The molecule has 0 spiro atoms. The molecule has 0 saturated heterocycles. The molecule has 0 atom stereocenters. The molecule has 0 unspecified atom stereocenters. The molecule has 0 radical (unpaired) electrons. The SMILES string of the molecule is COc1ccc(CN(c2cccc(F)c2)S(=O)(=O)c2ccc3nnc(C)n3c2)cc1F. The van der Waals surface area contributed by atoms with Crippen molar-refractivity contribution < 1.29 is 21.9 Å². The molecule has 10 heteroatoms. The van der Waals surface area contributed by atoms with E-state index in [1.807, 2.05) is 0 Å². The zero-order valence-corrected chi connectivity index (χ0v) is 17.5. The Hall–Kier alpha value is -3.53. The van der Waals surface area contributed by atoms with Crippen molar-refractivity contribution in [2.24, 2.45) is 0 Å². The van der Waals surface area contributed by atoms with Gasteiger partial charge in [-0.2, -0.15) is 0 Å². The Morgan fingerprint density at radius 1 is 1.06 bits per heavy atom. The molecular weight excluding hydrogens is 426 g/mol. The number of pyridine rings is 1. The number of rotatable bonds is 6. The summed E-state index contributed by atoms with van der Waals surface area (Å²) in [5.41, 5.74) is 0.968. The summed E-state index contributed by atoms with van der Waals surface area (Å²) in [6.07, 6.45) is 1.40. The molecule has 0 fully saturated rings. The van der Waals surface area contributed by atoms with Gasteiger partial charge in [-0.25, -0.2) is 17.2 Å². The summed E-state index contributed by atoms with van der Waals surface area (Å²) in [4.78, 5) is -0.0406. The second-order valence-electron chi connectivity index (χ2n) is 6.80. The average Bonchev–Trinajstić information content (AvgIpc) is 3.12. The zero-order valence-electron chi connectivity index (χ0n) is 16.7. The van der Waals surface area contributed by atoms with Gasteiger partial charge in [0.2, 0.25) is 0 Å². The molecule has 0 amide bonds. The number of ether oxygens (including phenoxy) is 1. The van der Waals surface area contributed by atoms with Crippen LogP contribution in [0.15, 0.2) is 65.7 Å². The fourth-order valence-corrected chi connectivity index (χ4v) is 4.63. The molecule has 2 aromatic heterocycles. The predicted molar refractivity (Wildman–Crippen MR) is 110 cm³/mol. The van der Waals surface area contributed by atoms with Crippen molar-refractivity contribution in [2.45, 2.75) is 18.4 Å². The predicted octanol–water partition coefficient (Wildman–Crippen LogP) is 3.72. The first kappa shape index (κ1) is 20.7. The van der Waals surface area contributed by atoms with E-state index >= 15 is 0 Å². The Bertz CT molecular complexity index is 1370. The van der Waals surface area contributed by atoms with Crippen LogP contribution in [0.2, 0.25) is 0 Å². The normalized spacial score (nSPS) is 11.6. The van der Waals surface area contributed by atoms with Crippen LogP contribution in [-0.4, -0.2) is 30.1 Å². The van der Waals surface area contributed by atoms with Gasteiger partial charge >= 0.3 is 0 Å². The number of benzene rings is 2. The summed E-state index contributed by atoms with van der Waals surface area (Å²) in [6.45, 7) is 1.48. The monoisotopic (exact) mass is 444 g/mol. The van der Waals surface area contributed by atoms with Gasteiger partial charge in [0.25, 0.3) is 10.0 Å². The molecule has 4 aromatic rings. The lowest BCUT2D eigenvalue weighted by atomic mass is 10.2. The van der Waals surface area contributed by atoms with E-state index in [1.54, 1.807) is 17.4 Å². The molecule has 0 bridgehead atoms. The van der Waals surface area contributed by atoms with Crippen LogP contribution in [0.1, 0.15) is 11.4 Å². The van der Waals surface area contributed by atoms with Gasteiger partial charge < -0.3 is 4.74 Å². The summed E-state index contributed by atoms with van der Waals surface area (Å²) in [6, 6.07) is 12.3. The maximum absolute atomic E-state index is 14.2. The van der Waals surface area contributed by atoms with E-state index in [2.05, 4.69) is 10.2 Å². The second-order valence-corrected chi connectivity index (χ2v) is 8.66. The van der Waals surface area contributed by atoms with E-state index in [4.69, 9.17) is 4.74 Å². The Labute approximate surface area is 177 Å². The fourth-order valence-electron chi connectivity index (χ4n) is 3.19. The lowest BCUT2D eigenvalue weighted by Gasteiger charge is -2.25. The summed E-state index contributed by atoms with van der Waals surface area (Å²) >= 11 is 0. The van der Waals surface area contributed by atoms with Gasteiger partial charge in [-0.15, -0.1) is 10.2 Å². The third-order valence-corrected chi connectivity index (χ3v) is 6.53. The zero-order chi connectivity index (χ0) is 22.2. The smallest absolute Gasteiger partial charge is 0.266 e. The summed E-state index contributed by atoms with van der Waals surface area (Å²) < 4.78 is 62.7. The van der Waals surface area contributed by atoms with E-state index in [9.17, 15) is 17.2 Å². The highest BCUT2D eigenvalue weighted by molar-refractivity contribution is 7.92. The molecule has 0 aliphatic rings.